The van der Waals surface area contributed by atoms with Crippen LogP contribution in [0, 0.1) is 5.82 Å². The molecule has 16 heavy (non-hydrogen) atoms. The highest BCUT2D eigenvalue weighted by atomic mass is 79.9. The summed E-state index contributed by atoms with van der Waals surface area (Å²) >= 11 is 3.13. The summed E-state index contributed by atoms with van der Waals surface area (Å²) in [6.07, 6.45) is 2.01. The Morgan fingerprint density at radius 3 is 2.94 bits per heavy atom. The van der Waals surface area contributed by atoms with Crippen molar-refractivity contribution in [1.82, 2.24) is 5.32 Å². The standard InChI is InChI=1S/C11H13BrFNO2/c1-16-11-6(8-3-2-4-14-8)5-7(12)10(15)9(11)13/h5,8,14-15H,2-4H2,1H3. The molecule has 0 saturated carbocycles. The fraction of sp³-hybridized carbons (Fsp3) is 0.455. The quantitative estimate of drug-likeness (QED) is 0.880. The van der Waals surface area contributed by atoms with Crippen LogP contribution in [0.5, 0.6) is 11.5 Å². The van der Waals surface area contributed by atoms with Gasteiger partial charge in [0.15, 0.2) is 11.5 Å². The van der Waals surface area contributed by atoms with E-state index in [1.165, 1.54) is 7.11 Å². The number of benzene rings is 1. The Labute approximate surface area is 102 Å². The predicted molar refractivity (Wildman–Crippen MR) is 62.3 cm³/mol. The summed E-state index contributed by atoms with van der Waals surface area (Å²) in [5, 5.41) is 12.7. The first kappa shape index (κ1) is 11.7. The summed E-state index contributed by atoms with van der Waals surface area (Å²) in [4.78, 5) is 0. The lowest BCUT2D eigenvalue weighted by Crippen LogP contribution is -2.14. The first-order valence-corrected chi connectivity index (χ1v) is 5.92. The van der Waals surface area contributed by atoms with Gasteiger partial charge in [0.1, 0.15) is 0 Å². The molecule has 88 valence electrons. The second-order valence-corrected chi connectivity index (χ2v) is 4.65. The molecule has 2 rings (SSSR count). The second-order valence-electron chi connectivity index (χ2n) is 3.79. The van der Waals surface area contributed by atoms with Gasteiger partial charge in [-0.15, -0.1) is 0 Å². The summed E-state index contributed by atoms with van der Waals surface area (Å²) in [6, 6.07) is 1.81. The monoisotopic (exact) mass is 289 g/mol. The van der Waals surface area contributed by atoms with Crippen LogP contribution >= 0.6 is 15.9 Å². The second kappa shape index (κ2) is 4.59. The maximum atomic E-state index is 13.7. The number of hydrogen-bond acceptors (Lipinski definition) is 3. The summed E-state index contributed by atoms with van der Waals surface area (Å²) in [5.41, 5.74) is 0.752. The summed E-state index contributed by atoms with van der Waals surface area (Å²) < 4.78 is 19.1. The zero-order valence-corrected chi connectivity index (χ0v) is 10.5. The highest BCUT2D eigenvalue weighted by Crippen LogP contribution is 2.40. The van der Waals surface area contributed by atoms with Crippen LogP contribution in [-0.2, 0) is 0 Å². The van der Waals surface area contributed by atoms with Crippen LogP contribution in [-0.4, -0.2) is 18.8 Å². The Morgan fingerprint density at radius 1 is 1.62 bits per heavy atom. The first-order chi connectivity index (χ1) is 7.65. The third-order valence-electron chi connectivity index (χ3n) is 2.82. The van der Waals surface area contributed by atoms with Gasteiger partial charge in [0.25, 0.3) is 0 Å². The summed E-state index contributed by atoms with van der Waals surface area (Å²) in [7, 11) is 1.41. The van der Waals surface area contributed by atoms with E-state index in [0.717, 1.165) is 24.9 Å². The van der Waals surface area contributed by atoms with Gasteiger partial charge in [-0.2, -0.15) is 4.39 Å². The van der Waals surface area contributed by atoms with Crippen molar-refractivity contribution in [1.29, 1.82) is 0 Å². The largest absolute Gasteiger partial charge is 0.504 e. The molecule has 0 bridgehead atoms. The zero-order chi connectivity index (χ0) is 11.7. The highest BCUT2D eigenvalue weighted by molar-refractivity contribution is 9.10. The molecular formula is C11H13BrFNO2. The van der Waals surface area contributed by atoms with Gasteiger partial charge in [0.05, 0.1) is 11.6 Å². The number of phenolic OH excluding ortho intramolecular Hbond substituents is 1. The topological polar surface area (TPSA) is 41.5 Å². The van der Waals surface area contributed by atoms with E-state index in [1.807, 2.05) is 0 Å². The minimum atomic E-state index is -0.708. The minimum absolute atomic E-state index is 0.0985. The molecule has 3 nitrogen and oxygen atoms in total. The maximum Gasteiger partial charge on any atom is 0.208 e. The average Bonchev–Trinajstić information content (AvgIpc) is 2.79. The van der Waals surface area contributed by atoms with Crippen molar-refractivity contribution in [3.05, 3.63) is 21.9 Å². The molecule has 0 spiro atoms. The van der Waals surface area contributed by atoms with Crippen LogP contribution in [0.25, 0.3) is 0 Å². The van der Waals surface area contributed by atoms with Gasteiger partial charge in [0, 0.05) is 11.6 Å². The molecule has 1 aromatic rings. The van der Waals surface area contributed by atoms with Gasteiger partial charge in [0.2, 0.25) is 5.82 Å². The molecule has 1 heterocycles. The smallest absolute Gasteiger partial charge is 0.208 e. The summed E-state index contributed by atoms with van der Waals surface area (Å²) in [6.45, 7) is 0.925. The molecule has 2 N–H and O–H groups in total. The average molecular weight is 290 g/mol. The van der Waals surface area contributed by atoms with Crippen molar-refractivity contribution in [2.45, 2.75) is 18.9 Å². The third-order valence-corrected chi connectivity index (χ3v) is 3.42. The molecule has 1 unspecified atom stereocenters. The molecule has 0 aromatic heterocycles. The molecular weight excluding hydrogens is 277 g/mol. The van der Waals surface area contributed by atoms with E-state index >= 15 is 0 Å². The van der Waals surface area contributed by atoms with Crippen LogP contribution in [0.4, 0.5) is 4.39 Å². The number of rotatable bonds is 2. The van der Waals surface area contributed by atoms with E-state index in [1.54, 1.807) is 6.07 Å². The molecule has 1 atom stereocenters. The van der Waals surface area contributed by atoms with Crippen molar-refractivity contribution in [2.24, 2.45) is 0 Å². The van der Waals surface area contributed by atoms with E-state index in [9.17, 15) is 9.50 Å². The van der Waals surface area contributed by atoms with E-state index in [4.69, 9.17) is 4.74 Å². The summed E-state index contributed by atoms with van der Waals surface area (Å²) in [5.74, 6) is -0.987. The molecule has 1 saturated heterocycles. The van der Waals surface area contributed by atoms with Crippen molar-refractivity contribution < 1.29 is 14.2 Å². The molecule has 5 heteroatoms. The Balaban J connectivity index is 2.50. The number of phenols is 1. The van der Waals surface area contributed by atoms with Crippen LogP contribution in [0.3, 0.4) is 0 Å². The van der Waals surface area contributed by atoms with Crippen molar-refractivity contribution in [2.75, 3.05) is 13.7 Å². The minimum Gasteiger partial charge on any atom is -0.504 e. The van der Waals surface area contributed by atoms with Gasteiger partial charge >= 0.3 is 0 Å². The number of aromatic hydroxyl groups is 1. The van der Waals surface area contributed by atoms with Gasteiger partial charge in [-0.05, 0) is 41.4 Å². The lowest BCUT2D eigenvalue weighted by molar-refractivity contribution is 0.354. The number of hydrogen-bond donors (Lipinski definition) is 2. The van der Waals surface area contributed by atoms with Crippen LogP contribution in [0.15, 0.2) is 10.5 Å². The highest BCUT2D eigenvalue weighted by Gasteiger charge is 2.25. The van der Waals surface area contributed by atoms with Crippen molar-refractivity contribution in [3.8, 4) is 11.5 Å². The Kier molecular flexibility index (Phi) is 3.35. The van der Waals surface area contributed by atoms with Gasteiger partial charge < -0.3 is 15.2 Å². The molecule has 1 aliphatic heterocycles. The lowest BCUT2D eigenvalue weighted by Gasteiger charge is -2.17. The van der Waals surface area contributed by atoms with Crippen molar-refractivity contribution in [3.63, 3.8) is 0 Å². The maximum absolute atomic E-state index is 13.7. The predicted octanol–water partition coefficient (Wildman–Crippen LogP) is 2.73. The van der Waals surface area contributed by atoms with E-state index in [2.05, 4.69) is 21.2 Å². The molecule has 1 fully saturated rings. The normalized spacial score (nSPS) is 20.1. The molecule has 0 aliphatic carbocycles. The van der Waals surface area contributed by atoms with Crippen molar-refractivity contribution >= 4 is 15.9 Å². The van der Waals surface area contributed by atoms with E-state index in [0.29, 0.717) is 4.47 Å². The van der Waals surface area contributed by atoms with Crippen LogP contribution in [0.1, 0.15) is 24.4 Å². The molecule has 0 radical (unpaired) electrons. The Hall–Kier alpha value is -0.810. The fourth-order valence-corrected chi connectivity index (χ4v) is 2.45. The van der Waals surface area contributed by atoms with Crippen LogP contribution in [0.2, 0.25) is 0 Å². The SMILES string of the molecule is COc1c(C2CCCN2)cc(Br)c(O)c1F. The van der Waals surface area contributed by atoms with Gasteiger partial charge in [-0.25, -0.2) is 0 Å². The van der Waals surface area contributed by atoms with Gasteiger partial charge in [-0.3, -0.25) is 0 Å². The lowest BCUT2D eigenvalue weighted by atomic mass is 10.0. The number of halogens is 2. The molecule has 1 aliphatic rings. The fourth-order valence-electron chi connectivity index (χ4n) is 2.03. The third kappa shape index (κ3) is 1.89. The van der Waals surface area contributed by atoms with E-state index in [-0.39, 0.29) is 11.8 Å². The van der Waals surface area contributed by atoms with Gasteiger partial charge in [-0.1, -0.05) is 0 Å². The van der Waals surface area contributed by atoms with E-state index < -0.39 is 11.6 Å². The Bertz CT molecular complexity index is 405. The first-order valence-electron chi connectivity index (χ1n) is 5.13. The molecule has 0 amide bonds. The molecule has 1 aromatic carbocycles. The number of nitrogens with one attached hydrogen (secondary N) is 1. The number of ether oxygens (including phenoxy) is 1. The number of methoxy groups -OCH3 is 1. The van der Waals surface area contributed by atoms with Crippen LogP contribution < -0.4 is 10.1 Å². The zero-order valence-electron chi connectivity index (χ0n) is 8.89. The Morgan fingerprint density at radius 2 is 2.38 bits per heavy atom.